The highest BCUT2D eigenvalue weighted by Crippen LogP contribution is 2.29. The Balaban J connectivity index is 1.74. The predicted octanol–water partition coefficient (Wildman–Crippen LogP) is 3.57. The number of carbonyl (C=O) groups excluding carboxylic acids is 2. The van der Waals surface area contributed by atoms with Gasteiger partial charge in [0.2, 0.25) is 21.8 Å². The van der Waals surface area contributed by atoms with Crippen molar-refractivity contribution >= 4 is 21.8 Å². The van der Waals surface area contributed by atoms with Crippen LogP contribution in [-0.4, -0.2) is 109 Å². The summed E-state index contributed by atoms with van der Waals surface area (Å²) in [5, 5.41) is 27.6. The number of rotatable bonds is 19. The number of nitrogens with one attached hydrogen (secondary N) is 2. The molecule has 1 aliphatic heterocycles. The molecule has 1 saturated heterocycles. The van der Waals surface area contributed by atoms with E-state index in [0.717, 1.165) is 42.0 Å². The summed E-state index contributed by atoms with van der Waals surface area (Å²) in [7, 11) is -2.58. The molecule has 0 bridgehead atoms. The highest BCUT2D eigenvalue weighted by atomic mass is 32.2. The molecule has 50 heavy (non-hydrogen) atoms. The first-order valence-electron chi connectivity index (χ1n) is 18.1. The number of likely N-dealkylation sites (tertiary alicyclic amines) is 1. The van der Waals surface area contributed by atoms with Crippen molar-refractivity contribution in [2.45, 2.75) is 115 Å². The minimum atomic E-state index is -3.99. The molecule has 3 rings (SSSR count). The molecule has 1 unspecified atom stereocenters. The number of nitrogens with zero attached hydrogens (tertiary/aromatic N) is 2. The Bertz CT molecular complexity index is 1340. The first-order chi connectivity index (χ1) is 23.6. The van der Waals surface area contributed by atoms with Crippen molar-refractivity contribution < 1.29 is 37.0 Å². The molecule has 0 spiro atoms. The molecule has 5 atom stereocenters. The minimum Gasteiger partial charge on any atom is -0.390 e. The number of amides is 2. The maximum Gasteiger partial charge on any atom is 0.250 e. The number of benzene rings is 1. The van der Waals surface area contributed by atoms with E-state index in [2.05, 4.69) is 16.6 Å². The van der Waals surface area contributed by atoms with Crippen LogP contribution in [0.1, 0.15) is 83.6 Å². The second-order valence-corrected chi connectivity index (χ2v) is 16.8. The Labute approximate surface area is 297 Å². The molecular weight excluding hydrogens is 666 g/mol. The van der Waals surface area contributed by atoms with Crippen molar-refractivity contribution in [3.63, 3.8) is 0 Å². The van der Waals surface area contributed by atoms with E-state index in [4.69, 9.17) is 6.42 Å². The summed E-state index contributed by atoms with van der Waals surface area (Å²) in [5.41, 5.74) is 0.729. The number of hydrogen-bond acceptors (Lipinski definition) is 7. The summed E-state index contributed by atoms with van der Waals surface area (Å²) in [4.78, 5) is 29.4. The number of alkyl halides is 2. The molecule has 2 aliphatic rings. The molecule has 1 saturated carbocycles. The Morgan fingerprint density at radius 1 is 1.06 bits per heavy atom. The number of hydrogen-bond donors (Lipinski definition) is 4. The van der Waals surface area contributed by atoms with Crippen molar-refractivity contribution in [1.82, 2.24) is 19.8 Å². The first kappa shape index (κ1) is 41.8. The fourth-order valence-corrected chi connectivity index (χ4v) is 8.28. The van der Waals surface area contributed by atoms with Crippen LogP contribution in [0, 0.1) is 30.1 Å². The Morgan fingerprint density at radius 2 is 1.70 bits per heavy atom. The van der Waals surface area contributed by atoms with Gasteiger partial charge in [0, 0.05) is 52.5 Å². The Morgan fingerprint density at radius 3 is 2.30 bits per heavy atom. The Kier molecular flexibility index (Phi) is 16.6. The summed E-state index contributed by atoms with van der Waals surface area (Å²) in [5.74, 6) is -2.79. The predicted molar refractivity (Wildman–Crippen MR) is 191 cm³/mol. The summed E-state index contributed by atoms with van der Waals surface area (Å²) >= 11 is 0. The molecule has 10 nitrogen and oxygen atoms in total. The average molecular weight is 725 g/mol. The van der Waals surface area contributed by atoms with Crippen molar-refractivity contribution in [2.75, 3.05) is 39.0 Å². The van der Waals surface area contributed by atoms with Gasteiger partial charge in [-0.25, -0.2) is 21.5 Å². The topological polar surface area (TPSA) is 139 Å². The molecule has 0 radical (unpaired) electrons. The lowest BCUT2D eigenvalue weighted by Crippen LogP contribution is -2.56. The number of likely N-dealkylation sites (N-methyl/N-ethyl adjacent to an activating group) is 1. The van der Waals surface area contributed by atoms with E-state index in [9.17, 15) is 37.0 Å². The number of sulfonamides is 1. The highest BCUT2D eigenvalue weighted by Gasteiger charge is 2.36. The summed E-state index contributed by atoms with van der Waals surface area (Å²) in [6, 6.07) is 6.98. The van der Waals surface area contributed by atoms with E-state index in [0.29, 0.717) is 12.8 Å². The molecule has 4 N–H and O–H groups in total. The third kappa shape index (κ3) is 13.8. The van der Waals surface area contributed by atoms with E-state index in [1.807, 2.05) is 19.9 Å². The molecule has 2 fully saturated rings. The molecule has 1 aliphatic carbocycles. The summed E-state index contributed by atoms with van der Waals surface area (Å²) in [6.45, 7) is 4.58. The smallest absolute Gasteiger partial charge is 0.250 e. The third-order valence-corrected chi connectivity index (χ3v) is 12.0. The van der Waals surface area contributed by atoms with E-state index >= 15 is 0 Å². The van der Waals surface area contributed by atoms with Gasteiger partial charge < -0.3 is 25.7 Å². The van der Waals surface area contributed by atoms with Crippen LogP contribution in [0.2, 0.25) is 0 Å². The first-order valence-corrected chi connectivity index (χ1v) is 19.7. The van der Waals surface area contributed by atoms with Crippen LogP contribution in [0.5, 0.6) is 0 Å². The van der Waals surface area contributed by atoms with Crippen LogP contribution in [0.3, 0.4) is 0 Å². The second-order valence-electron chi connectivity index (χ2n) is 14.7. The molecule has 1 aromatic carbocycles. The summed E-state index contributed by atoms with van der Waals surface area (Å²) < 4.78 is 55.4. The van der Waals surface area contributed by atoms with Crippen LogP contribution < -0.4 is 10.6 Å². The average Bonchev–Trinajstić information content (AvgIpc) is 3.07. The number of carbonyl (C=O) groups is 2. The van der Waals surface area contributed by atoms with Crippen molar-refractivity contribution in [2.24, 2.45) is 17.8 Å². The van der Waals surface area contributed by atoms with Crippen LogP contribution in [0.15, 0.2) is 30.3 Å². The maximum atomic E-state index is 13.9. The second kappa shape index (κ2) is 19.8. The van der Waals surface area contributed by atoms with Gasteiger partial charge >= 0.3 is 0 Å². The van der Waals surface area contributed by atoms with E-state index in [1.165, 1.54) is 7.05 Å². The molecule has 1 aromatic rings. The monoisotopic (exact) mass is 724 g/mol. The molecular formula is C37H58F2N4O6S. The summed E-state index contributed by atoms with van der Waals surface area (Å²) in [6.07, 6.45) is 8.70. The number of aliphatic hydroxyl groups is 2. The quantitative estimate of drug-likeness (QED) is 0.160. The standard InChI is InChI=1S/C37H58F2N4O6S/c1-5-12-31(36(47)41-32(25-29-15-10-7-11-16-29)34(45)33(44)23-27(2)3)40-35(46)30(24-28-13-8-6-9-14-28)26-50(48,49)42(4)21-22-43-19-17-37(38,39)18-20-43/h1,6,8-9,13-14,27,29-34,44-45H,7,10-12,15-26H2,2-4H3,(H,40,46)(H,41,47)/t30?,31-,32-,33-,34+/m0/s1. The van der Waals surface area contributed by atoms with Gasteiger partial charge in [0.25, 0.3) is 5.92 Å². The van der Waals surface area contributed by atoms with Crippen LogP contribution >= 0.6 is 0 Å². The number of aliphatic hydroxyl groups excluding tert-OH is 2. The van der Waals surface area contributed by atoms with Gasteiger partial charge in [0.05, 0.1) is 23.8 Å². The number of terminal acetylenes is 1. The normalized spacial score (nSPS) is 20.4. The lowest BCUT2D eigenvalue weighted by atomic mass is 9.82. The fourth-order valence-electron chi connectivity index (χ4n) is 6.89. The lowest BCUT2D eigenvalue weighted by Gasteiger charge is -2.33. The van der Waals surface area contributed by atoms with Crippen LogP contribution in [0.4, 0.5) is 8.78 Å². The van der Waals surface area contributed by atoms with Gasteiger partial charge in [-0.2, -0.15) is 0 Å². The fraction of sp³-hybridized carbons (Fsp3) is 0.730. The molecule has 13 heteroatoms. The maximum absolute atomic E-state index is 13.9. The zero-order valence-electron chi connectivity index (χ0n) is 29.9. The zero-order chi connectivity index (χ0) is 36.9. The van der Waals surface area contributed by atoms with Crippen molar-refractivity contribution in [3.05, 3.63) is 35.9 Å². The lowest BCUT2D eigenvalue weighted by molar-refractivity contribution is -0.132. The van der Waals surface area contributed by atoms with Crippen molar-refractivity contribution in [1.29, 1.82) is 0 Å². The third-order valence-electron chi connectivity index (χ3n) is 10.0. The largest absolute Gasteiger partial charge is 0.390 e. The van der Waals surface area contributed by atoms with Gasteiger partial charge in [0.1, 0.15) is 12.1 Å². The molecule has 2 amide bonds. The van der Waals surface area contributed by atoms with Gasteiger partial charge in [-0.1, -0.05) is 76.3 Å². The zero-order valence-corrected chi connectivity index (χ0v) is 30.7. The van der Waals surface area contributed by atoms with E-state index in [-0.39, 0.29) is 63.7 Å². The molecule has 0 aromatic heterocycles. The number of piperidine rings is 1. The molecule has 282 valence electrons. The van der Waals surface area contributed by atoms with Gasteiger partial charge in [0.15, 0.2) is 0 Å². The van der Waals surface area contributed by atoms with Crippen LogP contribution in [-0.2, 0) is 26.0 Å². The van der Waals surface area contributed by atoms with Crippen molar-refractivity contribution in [3.8, 4) is 12.3 Å². The van der Waals surface area contributed by atoms with E-state index < -0.39 is 63.7 Å². The van der Waals surface area contributed by atoms with Crippen LogP contribution in [0.25, 0.3) is 0 Å². The minimum absolute atomic E-state index is 0.0725. The molecule has 1 heterocycles. The number of halogens is 2. The Hall–Kier alpha value is -2.63. The van der Waals surface area contributed by atoms with E-state index in [1.54, 1.807) is 29.2 Å². The van der Waals surface area contributed by atoms with Gasteiger partial charge in [-0.05, 0) is 36.7 Å². The van der Waals surface area contributed by atoms with Gasteiger partial charge in [-0.15, -0.1) is 12.3 Å². The SMILES string of the molecule is C#CC[C@H](NC(=O)C(Cc1ccccc1)CS(=O)(=O)N(C)CCN1CCC(F)(F)CC1)C(=O)N[C@@H](CC1CCCCC1)[C@@H](O)[C@@H](O)CC(C)C. The highest BCUT2D eigenvalue weighted by molar-refractivity contribution is 7.89. The van der Waals surface area contributed by atoms with Gasteiger partial charge in [-0.3, -0.25) is 9.59 Å².